The van der Waals surface area contributed by atoms with Gasteiger partial charge in [-0.25, -0.2) is 4.79 Å². The minimum atomic E-state index is -0.453. The summed E-state index contributed by atoms with van der Waals surface area (Å²) in [7, 11) is 0. The van der Waals surface area contributed by atoms with Crippen molar-refractivity contribution in [1.29, 1.82) is 0 Å². The molecule has 0 aliphatic carbocycles. The van der Waals surface area contributed by atoms with Gasteiger partial charge in [-0.15, -0.1) is 0 Å². The van der Waals surface area contributed by atoms with E-state index in [0.29, 0.717) is 12.0 Å². The Kier molecular flexibility index (Phi) is 11.9. The Balaban J connectivity index is 3.31. The van der Waals surface area contributed by atoms with Gasteiger partial charge in [-0.2, -0.15) is 5.48 Å². The second kappa shape index (κ2) is 12.7. The fraction of sp³-hybridized carbons (Fsp3) is 0.750. The van der Waals surface area contributed by atoms with E-state index in [-0.39, 0.29) is 5.97 Å². The zero-order chi connectivity index (χ0) is 15.2. The van der Waals surface area contributed by atoms with Crippen LogP contribution in [0.2, 0.25) is 0 Å². The number of unbranched alkanes of at least 4 members (excludes halogenated alkanes) is 8. The van der Waals surface area contributed by atoms with E-state index in [9.17, 15) is 9.59 Å². The van der Waals surface area contributed by atoms with Crippen LogP contribution in [0.1, 0.15) is 78.1 Å². The zero-order valence-corrected chi connectivity index (χ0v) is 13.0. The summed E-state index contributed by atoms with van der Waals surface area (Å²) in [5, 5.41) is 0. The first kappa shape index (κ1) is 18.7. The third kappa shape index (κ3) is 11.8. The van der Waals surface area contributed by atoms with Gasteiger partial charge in [0.1, 0.15) is 0 Å². The first-order valence-electron chi connectivity index (χ1n) is 7.73. The molecular weight excluding hydrogens is 254 g/mol. The fourth-order valence-corrected chi connectivity index (χ4v) is 1.82. The predicted molar refractivity (Wildman–Crippen MR) is 80.9 cm³/mol. The lowest BCUT2D eigenvalue weighted by atomic mass is 10.1. The highest BCUT2D eigenvalue weighted by molar-refractivity contribution is 5.92. The molecule has 4 nitrogen and oxygen atoms in total. The first-order chi connectivity index (χ1) is 9.57. The maximum absolute atomic E-state index is 11.3. The molecule has 0 saturated carbocycles. The quantitative estimate of drug-likeness (QED) is 0.353. The van der Waals surface area contributed by atoms with Crippen molar-refractivity contribution in [2.45, 2.75) is 78.1 Å². The van der Waals surface area contributed by atoms with Crippen molar-refractivity contribution in [1.82, 2.24) is 5.48 Å². The Morgan fingerprint density at radius 3 is 1.95 bits per heavy atom. The number of hydrogen-bond acceptors (Lipinski definition) is 3. The molecule has 0 aromatic carbocycles. The Morgan fingerprint density at radius 2 is 1.45 bits per heavy atom. The van der Waals surface area contributed by atoms with Crippen LogP contribution in [0.4, 0.5) is 0 Å². The van der Waals surface area contributed by atoms with Crippen LogP contribution in [-0.2, 0) is 14.4 Å². The van der Waals surface area contributed by atoms with Gasteiger partial charge in [0.15, 0.2) is 0 Å². The minimum absolute atomic E-state index is 0.320. The van der Waals surface area contributed by atoms with Crippen LogP contribution in [0, 0.1) is 0 Å². The Morgan fingerprint density at radius 1 is 0.950 bits per heavy atom. The van der Waals surface area contributed by atoms with Gasteiger partial charge < -0.3 is 4.84 Å². The monoisotopic (exact) mass is 283 g/mol. The van der Waals surface area contributed by atoms with Crippen LogP contribution in [0.3, 0.4) is 0 Å². The molecule has 1 amide bonds. The van der Waals surface area contributed by atoms with E-state index in [1.165, 1.54) is 38.5 Å². The lowest BCUT2D eigenvalue weighted by Gasteiger charge is -2.05. The molecular formula is C16H29NO3. The molecule has 20 heavy (non-hydrogen) atoms. The average molecular weight is 283 g/mol. The van der Waals surface area contributed by atoms with Gasteiger partial charge >= 0.3 is 5.97 Å². The molecule has 0 heterocycles. The number of carbonyl (C=O) groups excluding carboxylic acids is 2. The smallest absolute Gasteiger partial charge is 0.332 e. The molecule has 0 saturated heterocycles. The van der Waals surface area contributed by atoms with E-state index in [0.717, 1.165) is 19.3 Å². The largest absolute Gasteiger partial charge is 0.341 e. The number of nitrogens with one attached hydrogen (secondary N) is 1. The van der Waals surface area contributed by atoms with Crippen LogP contribution in [0.15, 0.2) is 12.2 Å². The van der Waals surface area contributed by atoms with E-state index >= 15 is 0 Å². The maximum Gasteiger partial charge on any atom is 0.332 e. The molecule has 0 bridgehead atoms. The van der Waals surface area contributed by atoms with Crippen molar-refractivity contribution >= 4 is 11.9 Å². The molecule has 0 radical (unpaired) electrons. The number of hydrogen-bond donors (Lipinski definition) is 1. The molecule has 0 aromatic rings. The van der Waals surface area contributed by atoms with Crippen molar-refractivity contribution < 1.29 is 14.4 Å². The van der Waals surface area contributed by atoms with Crippen LogP contribution in [0.5, 0.6) is 0 Å². The molecule has 0 aliphatic heterocycles. The van der Waals surface area contributed by atoms with E-state index in [1.54, 1.807) is 6.92 Å². The summed E-state index contributed by atoms with van der Waals surface area (Å²) in [5.41, 5.74) is 2.39. The van der Waals surface area contributed by atoms with Crippen molar-refractivity contribution in [3.8, 4) is 0 Å². The maximum atomic E-state index is 11.3. The van der Waals surface area contributed by atoms with Crippen LogP contribution >= 0.6 is 0 Å². The summed E-state index contributed by atoms with van der Waals surface area (Å²) in [6.07, 6.45) is 11.2. The number of carbonyl (C=O) groups is 2. The molecule has 0 fully saturated rings. The lowest BCUT2D eigenvalue weighted by Crippen LogP contribution is -2.27. The third-order valence-corrected chi connectivity index (χ3v) is 3.13. The van der Waals surface area contributed by atoms with Crippen LogP contribution < -0.4 is 5.48 Å². The standard InChI is InChI=1S/C16H29NO3/c1-4-5-6-7-8-9-10-11-12-13-15(18)20-17-16(19)14(2)3/h2,4-13H2,1,3H3,(H,17,19). The molecule has 0 aromatic heterocycles. The molecule has 4 heteroatoms. The van der Waals surface area contributed by atoms with Gasteiger partial charge in [-0.3, -0.25) is 4.79 Å². The topological polar surface area (TPSA) is 55.4 Å². The van der Waals surface area contributed by atoms with Gasteiger partial charge in [-0.05, 0) is 13.3 Å². The van der Waals surface area contributed by atoms with Gasteiger partial charge in [0.2, 0.25) is 0 Å². The predicted octanol–water partition coefficient (Wildman–Crippen LogP) is 4.06. The van der Waals surface area contributed by atoms with Crippen molar-refractivity contribution in [2.24, 2.45) is 0 Å². The minimum Gasteiger partial charge on any atom is -0.341 e. The molecule has 116 valence electrons. The van der Waals surface area contributed by atoms with Crippen molar-refractivity contribution in [3.05, 3.63) is 12.2 Å². The summed E-state index contributed by atoms with van der Waals surface area (Å²) in [6, 6.07) is 0. The Bertz CT molecular complexity index is 300. The van der Waals surface area contributed by atoms with Crippen LogP contribution in [0.25, 0.3) is 0 Å². The normalized spacial score (nSPS) is 10.1. The van der Waals surface area contributed by atoms with E-state index < -0.39 is 5.91 Å². The average Bonchev–Trinajstić information content (AvgIpc) is 2.42. The van der Waals surface area contributed by atoms with Gasteiger partial charge in [-0.1, -0.05) is 64.9 Å². The second-order valence-electron chi connectivity index (χ2n) is 5.26. The van der Waals surface area contributed by atoms with Gasteiger partial charge in [0.25, 0.3) is 5.91 Å². The van der Waals surface area contributed by atoms with Gasteiger partial charge in [0.05, 0.1) is 0 Å². The molecule has 0 unspecified atom stereocenters. The van der Waals surface area contributed by atoms with Crippen molar-refractivity contribution in [3.63, 3.8) is 0 Å². The fourth-order valence-electron chi connectivity index (χ4n) is 1.82. The van der Waals surface area contributed by atoms with Crippen LogP contribution in [-0.4, -0.2) is 11.9 Å². The first-order valence-corrected chi connectivity index (χ1v) is 7.73. The highest BCUT2D eigenvalue weighted by atomic mass is 16.7. The summed E-state index contributed by atoms with van der Waals surface area (Å²) >= 11 is 0. The second-order valence-corrected chi connectivity index (χ2v) is 5.26. The van der Waals surface area contributed by atoms with E-state index in [1.807, 2.05) is 0 Å². The third-order valence-electron chi connectivity index (χ3n) is 3.13. The number of amides is 1. The molecule has 0 atom stereocenters. The number of rotatable bonds is 11. The summed E-state index contributed by atoms with van der Waals surface area (Å²) in [5.74, 6) is -0.840. The summed E-state index contributed by atoms with van der Waals surface area (Å²) in [6.45, 7) is 7.23. The molecule has 0 spiro atoms. The SMILES string of the molecule is C=C(C)C(=O)NOC(=O)CCCCCCCCCCC. The summed E-state index contributed by atoms with van der Waals surface area (Å²) in [4.78, 5) is 27.0. The Hall–Kier alpha value is -1.32. The molecule has 0 rings (SSSR count). The van der Waals surface area contributed by atoms with Gasteiger partial charge in [0, 0.05) is 12.0 Å². The Labute approximate surface area is 122 Å². The highest BCUT2D eigenvalue weighted by Crippen LogP contribution is 2.10. The summed E-state index contributed by atoms with van der Waals surface area (Å²) < 4.78 is 0. The molecule has 0 aliphatic rings. The highest BCUT2D eigenvalue weighted by Gasteiger charge is 2.06. The van der Waals surface area contributed by atoms with E-state index in [4.69, 9.17) is 0 Å². The lowest BCUT2D eigenvalue weighted by molar-refractivity contribution is -0.157. The number of hydroxylamine groups is 1. The van der Waals surface area contributed by atoms with E-state index in [2.05, 4.69) is 23.8 Å². The zero-order valence-electron chi connectivity index (χ0n) is 13.0. The van der Waals surface area contributed by atoms with Crippen molar-refractivity contribution in [2.75, 3.05) is 0 Å². The molecule has 1 N–H and O–H groups in total.